The van der Waals surface area contributed by atoms with Gasteiger partial charge in [-0.25, -0.2) is 0 Å². The van der Waals surface area contributed by atoms with Crippen LogP contribution >= 0.6 is 15.9 Å². The molecule has 0 saturated carbocycles. The third-order valence-electron chi connectivity index (χ3n) is 3.50. The van der Waals surface area contributed by atoms with Crippen LogP contribution in [0.2, 0.25) is 0 Å². The second-order valence-corrected chi connectivity index (χ2v) is 6.29. The number of esters is 3. The number of hydrogen-bond acceptors (Lipinski definition) is 10. The summed E-state index contributed by atoms with van der Waals surface area (Å²) in [7, 11) is 0. The van der Waals surface area contributed by atoms with E-state index in [2.05, 4.69) is 20.9 Å². The Bertz CT molecular complexity index is 765. The monoisotopic (exact) mass is 449 g/mol. The maximum atomic E-state index is 11.5. The largest absolute Gasteiger partial charge is 0.463 e. The van der Waals surface area contributed by atoms with Gasteiger partial charge in [-0.1, -0.05) is 0 Å². The Morgan fingerprint density at radius 1 is 1.22 bits per heavy atom. The van der Waals surface area contributed by atoms with Crippen LogP contribution in [0.4, 0.5) is 5.82 Å². The van der Waals surface area contributed by atoms with E-state index >= 15 is 0 Å². The third-order valence-corrected chi connectivity index (χ3v) is 4.27. The Labute approximate surface area is 161 Å². The van der Waals surface area contributed by atoms with Crippen molar-refractivity contribution in [1.29, 1.82) is 0 Å². The van der Waals surface area contributed by atoms with Crippen molar-refractivity contribution in [2.75, 3.05) is 6.61 Å². The lowest BCUT2D eigenvalue weighted by molar-refractivity contribution is -0.390. The van der Waals surface area contributed by atoms with E-state index < -0.39 is 53.2 Å². The molecule has 12 nitrogen and oxygen atoms in total. The molecule has 0 aliphatic carbocycles. The smallest absolute Gasteiger partial charge is 0.396 e. The summed E-state index contributed by atoms with van der Waals surface area (Å²) in [5, 5.41) is 11.0. The Balaban J connectivity index is 2.41. The highest BCUT2D eigenvalue weighted by atomic mass is 79.9. The van der Waals surface area contributed by atoms with Crippen molar-refractivity contribution in [2.24, 2.45) is 0 Å². The van der Waals surface area contributed by atoms with Gasteiger partial charge in [0.25, 0.3) is 0 Å². The summed E-state index contributed by atoms with van der Waals surface area (Å²) in [6, 6.07) is 0. The Morgan fingerprint density at radius 3 is 2.30 bits per heavy atom. The average molecular weight is 450 g/mol. The average Bonchev–Trinajstić information content (AvgIpc) is 3.06. The zero-order valence-electron chi connectivity index (χ0n) is 14.5. The van der Waals surface area contributed by atoms with Crippen molar-refractivity contribution < 1.29 is 38.3 Å². The fraction of sp³-hybridized carbons (Fsp3) is 0.571. The van der Waals surface area contributed by atoms with E-state index in [-0.39, 0.29) is 11.2 Å². The fourth-order valence-corrected chi connectivity index (χ4v) is 3.09. The number of rotatable bonds is 6. The summed E-state index contributed by atoms with van der Waals surface area (Å²) in [5.74, 6) is -2.44. The zero-order chi connectivity index (χ0) is 20.3. The van der Waals surface area contributed by atoms with Gasteiger partial charge in [-0.2, -0.15) is 0 Å². The van der Waals surface area contributed by atoms with Gasteiger partial charge >= 0.3 is 23.7 Å². The summed E-state index contributed by atoms with van der Waals surface area (Å²) in [5.41, 5.74) is 0. The first-order valence-corrected chi connectivity index (χ1v) is 8.41. The molecule has 0 N–H and O–H groups in total. The minimum Gasteiger partial charge on any atom is -0.463 e. The van der Waals surface area contributed by atoms with E-state index in [1.165, 1.54) is 11.5 Å². The standard InChI is InChI=1S/C14H16BrN3O9/c1-6(19)24-4-9-10(25-7(2)20)11(26-8(3)21)14(27-9)17-5-16-13(12(17)15)18(22)23/h5,9-11,14H,4H2,1-3H3. The van der Waals surface area contributed by atoms with E-state index in [1.807, 2.05) is 0 Å². The fourth-order valence-electron chi connectivity index (χ4n) is 2.55. The van der Waals surface area contributed by atoms with Gasteiger partial charge in [-0.15, -0.1) is 0 Å². The van der Waals surface area contributed by atoms with E-state index in [9.17, 15) is 24.5 Å². The predicted molar refractivity (Wildman–Crippen MR) is 88.2 cm³/mol. The highest BCUT2D eigenvalue weighted by molar-refractivity contribution is 9.10. The van der Waals surface area contributed by atoms with Crippen LogP contribution in [0, 0.1) is 10.1 Å². The molecule has 1 aromatic rings. The lowest BCUT2D eigenvalue weighted by Gasteiger charge is -2.23. The topological polar surface area (TPSA) is 149 Å². The number of nitro groups is 1. The van der Waals surface area contributed by atoms with E-state index in [0.29, 0.717) is 0 Å². The van der Waals surface area contributed by atoms with Crippen LogP contribution in [0.3, 0.4) is 0 Å². The predicted octanol–water partition coefficient (Wildman–Crippen LogP) is 0.878. The Morgan fingerprint density at radius 2 is 1.81 bits per heavy atom. The third kappa shape index (κ3) is 4.80. The second kappa shape index (κ2) is 8.43. The molecule has 4 unspecified atom stereocenters. The van der Waals surface area contributed by atoms with Gasteiger partial charge in [-0.05, 0) is 25.8 Å². The number of ether oxygens (including phenoxy) is 4. The molecule has 0 spiro atoms. The van der Waals surface area contributed by atoms with Gasteiger partial charge in [-0.3, -0.25) is 19.0 Å². The first-order chi connectivity index (χ1) is 12.6. The Hall–Kier alpha value is -2.54. The van der Waals surface area contributed by atoms with Crippen LogP contribution < -0.4 is 0 Å². The molecule has 0 amide bonds. The molecule has 1 saturated heterocycles. The van der Waals surface area contributed by atoms with Gasteiger partial charge in [0.2, 0.25) is 6.33 Å². The maximum Gasteiger partial charge on any atom is 0.396 e. The molecular formula is C14H16BrN3O9. The van der Waals surface area contributed by atoms with Crippen molar-refractivity contribution >= 4 is 39.7 Å². The molecule has 1 aromatic heterocycles. The number of imidazole rings is 1. The van der Waals surface area contributed by atoms with Crippen molar-refractivity contribution in [3.63, 3.8) is 0 Å². The molecule has 27 heavy (non-hydrogen) atoms. The van der Waals surface area contributed by atoms with Gasteiger partial charge in [0.1, 0.15) is 12.7 Å². The van der Waals surface area contributed by atoms with E-state index in [1.54, 1.807) is 0 Å². The SMILES string of the molecule is CC(=O)OCC1OC(n2cnc([N+](=O)[O-])c2Br)C(OC(C)=O)C1OC(C)=O. The van der Waals surface area contributed by atoms with E-state index in [4.69, 9.17) is 18.9 Å². The van der Waals surface area contributed by atoms with Crippen molar-refractivity contribution in [1.82, 2.24) is 9.55 Å². The molecule has 1 aliphatic heterocycles. The first-order valence-electron chi connectivity index (χ1n) is 7.61. The highest BCUT2D eigenvalue weighted by Crippen LogP contribution is 2.38. The molecule has 1 aliphatic rings. The molecule has 4 atom stereocenters. The minimum absolute atomic E-state index is 0.0376. The molecule has 13 heteroatoms. The molecule has 0 radical (unpaired) electrons. The number of nitrogens with zero attached hydrogens (tertiary/aromatic N) is 3. The van der Waals surface area contributed by atoms with Crippen LogP contribution in [0.5, 0.6) is 0 Å². The first kappa shape index (κ1) is 20.8. The maximum absolute atomic E-state index is 11.5. The number of hydrogen-bond donors (Lipinski definition) is 0. The van der Waals surface area contributed by atoms with Crippen molar-refractivity contribution in [3.05, 3.63) is 21.0 Å². The number of carbonyl (C=O) groups excluding carboxylic acids is 3. The van der Waals surface area contributed by atoms with Crippen LogP contribution in [0.15, 0.2) is 10.9 Å². The summed E-state index contributed by atoms with van der Waals surface area (Å²) >= 11 is 3.05. The number of aromatic nitrogens is 2. The molecule has 1 fully saturated rings. The minimum atomic E-state index is -1.16. The highest BCUT2D eigenvalue weighted by Gasteiger charge is 2.51. The lowest BCUT2D eigenvalue weighted by Crippen LogP contribution is -2.40. The molecule has 2 rings (SSSR count). The summed E-state index contributed by atoms with van der Waals surface area (Å²) in [4.78, 5) is 48.1. The summed E-state index contributed by atoms with van der Waals surface area (Å²) < 4.78 is 22.3. The Kier molecular flexibility index (Phi) is 6.49. The van der Waals surface area contributed by atoms with Crippen LogP contribution in [0.1, 0.15) is 27.0 Å². The molecule has 148 valence electrons. The van der Waals surface area contributed by atoms with Gasteiger partial charge < -0.3 is 29.1 Å². The molecule has 0 bridgehead atoms. The number of carbonyl (C=O) groups is 3. The van der Waals surface area contributed by atoms with Crippen LogP contribution in [-0.2, 0) is 33.3 Å². The van der Waals surface area contributed by atoms with Gasteiger partial charge in [0.05, 0.1) is 0 Å². The van der Waals surface area contributed by atoms with Crippen LogP contribution in [0.25, 0.3) is 0 Å². The van der Waals surface area contributed by atoms with Gasteiger partial charge in [0, 0.05) is 20.8 Å². The lowest BCUT2D eigenvalue weighted by atomic mass is 10.1. The number of halogens is 1. The summed E-state index contributed by atoms with van der Waals surface area (Å²) in [6.45, 7) is 3.20. The zero-order valence-corrected chi connectivity index (χ0v) is 16.1. The molecular weight excluding hydrogens is 434 g/mol. The quantitative estimate of drug-likeness (QED) is 0.265. The van der Waals surface area contributed by atoms with E-state index in [0.717, 1.165) is 20.2 Å². The normalized spacial score (nSPS) is 24.3. The molecule has 2 heterocycles. The van der Waals surface area contributed by atoms with Crippen LogP contribution in [-0.4, -0.2) is 57.3 Å². The summed E-state index contributed by atoms with van der Waals surface area (Å²) in [6.07, 6.45) is -3.24. The second-order valence-electron chi connectivity index (χ2n) is 5.54. The van der Waals surface area contributed by atoms with Crippen molar-refractivity contribution in [3.8, 4) is 0 Å². The van der Waals surface area contributed by atoms with Crippen molar-refractivity contribution in [2.45, 2.75) is 45.3 Å². The van der Waals surface area contributed by atoms with Gasteiger partial charge in [0.15, 0.2) is 23.0 Å². The molecule has 0 aromatic carbocycles.